The van der Waals surface area contributed by atoms with Gasteiger partial charge in [0.2, 0.25) is 5.91 Å². The van der Waals surface area contributed by atoms with Gasteiger partial charge >= 0.3 is 17.9 Å². The molecule has 0 spiro atoms. The van der Waals surface area contributed by atoms with Crippen LogP contribution in [0, 0.1) is 0 Å². The van der Waals surface area contributed by atoms with E-state index < -0.39 is 36.4 Å². The molecule has 2 rings (SSSR count). The second-order valence-corrected chi connectivity index (χ2v) is 6.00. The molecule has 1 aromatic heterocycles. The lowest BCUT2D eigenvalue weighted by molar-refractivity contribution is -0.145. The highest BCUT2D eigenvalue weighted by Gasteiger charge is 2.28. The fraction of sp³-hybridized carbons (Fsp3) is 0.294. The van der Waals surface area contributed by atoms with Gasteiger partial charge < -0.3 is 25.6 Å². The second kappa shape index (κ2) is 8.32. The van der Waals surface area contributed by atoms with Crippen LogP contribution in [0.1, 0.15) is 24.4 Å². The fourth-order valence-electron chi connectivity index (χ4n) is 2.76. The van der Waals surface area contributed by atoms with Gasteiger partial charge in [-0.25, -0.2) is 0 Å². The Hall–Kier alpha value is -3.40. The van der Waals surface area contributed by atoms with E-state index in [2.05, 4.69) is 10.3 Å². The van der Waals surface area contributed by atoms with Crippen molar-refractivity contribution in [1.82, 2.24) is 9.88 Å². The van der Waals surface area contributed by atoms with Gasteiger partial charge in [-0.1, -0.05) is 6.07 Å². The van der Waals surface area contributed by atoms with Gasteiger partial charge in [0, 0.05) is 34.8 Å². The Morgan fingerprint density at radius 1 is 1.11 bits per heavy atom. The maximum absolute atomic E-state index is 11.7. The van der Waals surface area contributed by atoms with E-state index in [0.29, 0.717) is 22.2 Å². The number of nitrogens with one attached hydrogen (secondary N) is 2. The van der Waals surface area contributed by atoms with Crippen molar-refractivity contribution in [2.75, 3.05) is 18.9 Å². The number of carbonyl (C=O) groups excluding carboxylic acids is 1. The molecular weight excluding hydrogens is 358 g/mol. The van der Waals surface area contributed by atoms with Gasteiger partial charge in [-0.2, -0.15) is 0 Å². The standard InChI is InChI=1S/C17H19N3O7/c1-20(8-15(24)25)16(17(26)27)11-7-18-12-6-9(2-3-10(11)12)19-13(21)4-5-14(22)23/h2-3,6-7,16,18H,4-5,8H2,1H3,(H,19,21)(H,22,23)(H,24,25)(H,26,27)/t16-/m1/s1. The van der Waals surface area contributed by atoms with Crippen LogP contribution in [0.2, 0.25) is 0 Å². The Bertz CT molecular complexity index is 890. The summed E-state index contributed by atoms with van der Waals surface area (Å²) in [5.41, 5.74) is 1.37. The second-order valence-electron chi connectivity index (χ2n) is 6.00. The van der Waals surface area contributed by atoms with E-state index in [-0.39, 0.29) is 12.8 Å². The Balaban J connectivity index is 2.25. The summed E-state index contributed by atoms with van der Waals surface area (Å²) < 4.78 is 0. The van der Waals surface area contributed by atoms with Crippen molar-refractivity contribution in [3.05, 3.63) is 30.0 Å². The van der Waals surface area contributed by atoms with Crippen LogP contribution in [0.3, 0.4) is 0 Å². The number of aromatic amines is 1. The number of aliphatic carboxylic acids is 3. The monoisotopic (exact) mass is 377 g/mol. The predicted molar refractivity (Wildman–Crippen MR) is 94.4 cm³/mol. The van der Waals surface area contributed by atoms with Crippen molar-refractivity contribution < 1.29 is 34.5 Å². The molecular formula is C17H19N3O7. The molecule has 10 heteroatoms. The third kappa shape index (κ3) is 5.05. The summed E-state index contributed by atoms with van der Waals surface area (Å²) in [6, 6.07) is 3.60. The Labute approximate surface area is 153 Å². The van der Waals surface area contributed by atoms with Crippen LogP contribution in [-0.4, -0.2) is 62.6 Å². The van der Waals surface area contributed by atoms with E-state index in [0.717, 1.165) is 0 Å². The van der Waals surface area contributed by atoms with Crippen molar-refractivity contribution in [2.24, 2.45) is 0 Å². The molecule has 0 fully saturated rings. The highest BCUT2D eigenvalue weighted by atomic mass is 16.4. The number of aromatic nitrogens is 1. The minimum Gasteiger partial charge on any atom is -0.481 e. The highest BCUT2D eigenvalue weighted by Crippen LogP contribution is 2.29. The molecule has 1 atom stereocenters. The summed E-state index contributed by atoms with van der Waals surface area (Å²) in [4.78, 5) is 48.9. The number of fused-ring (bicyclic) bond motifs is 1. The van der Waals surface area contributed by atoms with Gasteiger partial charge in [-0.05, 0) is 19.2 Å². The Morgan fingerprint density at radius 2 is 1.81 bits per heavy atom. The maximum atomic E-state index is 11.7. The molecule has 0 saturated carbocycles. The van der Waals surface area contributed by atoms with Crippen molar-refractivity contribution >= 4 is 40.4 Å². The van der Waals surface area contributed by atoms with Crippen LogP contribution in [-0.2, 0) is 19.2 Å². The number of rotatable bonds is 9. The van der Waals surface area contributed by atoms with Crippen LogP contribution in [0.15, 0.2) is 24.4 Å². The summed E-state index contributed by atoms with van der Waals surface area (Å²) in [5, 5.41) is 30.2. The maximum Gasteiger partial charge on any atom is 0.325 e. The van der Waals surface area contributed by atoms with Gasteiger partial charge in [-0.15, -0.1) is 0 Å². The molecule has 0 aliphatic heterocycles. The number of benzene rings is 1. The Morgan fingerprint density at radius 3 is 2.41 bits per heavy atom. The molecule has 0 radical (unpaired) electrons. The summed E-state index contributed by atoms with van der Waals surface area (Å²) in [5.74, 6) is -3.85. The lowest BCUT2D eigenvalue weighted by Gasteiger charge is -2.22. The van der Waals surface area contributed by atoms with Crippen LogP contribution in [0.4, 0.5) is 5.69 Å². The number of nitrogens with zero attached hydrogens (tertiary/aromatic N) is 1. The number of hydrogen-bond acceptors (Lipinski definition) is 5. The van der Waals surface area contributed by atoms with Crippen molar-refractivity contribution in [3.8, 4) is 0 Å². The average molecular weight is 377 g/mol. The molecule has 27 heavy (non-hydrogen) atoms. The first kappa shape index (κ1) is 19.9. The molecule has 2 aromatic rings. The number of hydrogen-bond donors (Lipinski definition) is 5. The first-order valence-electron chi connectivity index (χ1n) is 7.96. The van der Waals surface area contributed by atoms with Crippen LogP contribution < -0.4 is 5.32 Å². The molecule has 1 amide bonds. The predicted octanol–water partition coefficient (Wildman–Crippen LogP) is 1.11. The van der Waals surface area contributed by atoms with Crippen LogP contribution in [0.25, 0.3) is 10.9 Å². The highest BCUT2D eigenvalue weighted by molar-refractivity contribution is 5.96. The number of amides is 1. The van der Waals surface area contributed by atoms with Gasteiger partial charge in [0.25, 0.3) is 0 Å². The lowest BCUT2D eigenvalue weighted by atomic mass is 10.0. The number of carboxylic acid groups (broad SMARTS) is 3. The number of carboxylic acids is 3. The number of carbonyl (C=O) groups is 4. The minimum absolute atomic E-state index is 0.162. The number of likely N-dealkylation sites (N-methyl/N-ethyl adjacent to an activating group) is 1. The lowest BCUT2D eigenvalue weighted by Crippen LogP contribution is -2.34. The fourth-order valence-corrected chi connectivity index (χ4v) is 2.76. The van der Waals surface area contributed by atoms with Crippen molar-refractivity contribution in [2.45, 2.75) is 18.9 Å². The van der Waals surface area contributed by atoms with Crippen LogP contribution >= 0.6 is 0 Å². The zero-order valence-electron chi connectivity index (χ0n) is 14.4. The van der Waals surface area contributed by atoms with E-state index >= 15 is 0 Å². The quantitative estimate of drug-likeness (QED) is 0.434. The van der Waals surface area contributed by atoms with E-state index in [1.165, 1.54) is 18.1 Å². The normalized spacial score (nSPS) is 12.1. The average Bonchev–Trinajstić information content (AvgIpc) is 2.95. The summed E-state index contributed by atoms with van der Waals surface area (Å²) >= 11 is 0. The topological polar surface area (TPSA) is 160 Å². The Kier molecular flexibility index (Phi) is 6.14. The van der Waals surface area contributed by atoms with E-state index in [1.54, 1.807) is 18.2 Å². The number of anilines is 1. The van der Waals surface area contributed by atoms with Crippen molar-refractivity contribution in [1.29, 1.82) is 0 Å². The first-order chi connectivity index (χ1) is 12.7. The van der Waals surface area contributed by atoms with E-state index in [9.17, 15) is 24.3 Å². The van der Waals surface area contributed by atoms with E-state index in [1.807, 2.05) is 0 Å². The molecule has 10 nitrogen and oxygen atoms in total. The molecule has 0 aliphatic carbocycles. The molecule has 0 saturated heterocycles. The SMILES string of the molecule is CN(CC(=O)O)[C@@H](C(=O)O)c1c[nH]c2cc(NC(=O)CCC(=O)O)ccc12. The molecule has 1 heterocycles. The summed E-state index contributed by atoms with van der Waals surface area (Å²) in [7, 11) is 1.41. The molecule has 0 unspecified atom stereocenters. The first-order valence-corrected chi connectivity index (χ1v) is 7.96. The van der Waals surface area contributed by atoms with Gasteiger partial charge in [0.15, 0.2) is 0 Å². The third-order valence-corrected chi connectivity index (χ3v) is 3.92. The van der Waals surface area contributed by atoms with E-state index in [4.69, 9.17) is 10.2 Å². The molecule has 1 aromatic carbocycles. The van der Waals surface area contributed by atoms with Crippen LogP contribution in [0.5, 0.6) is 0 Å². The zero-order valence-corrected chi connectivity index (χ0v) is 14.4. The third-order valence-electron chi connectivity index (χ3n) is 3.92. The minimum atomic E-state index is -1.19. The molecule has 0 aliphatic rings. The summed E-state index contributed by atoms with van der Waals surface area (Å²) in [6.07, 6.45) is 1.04. The number of H-pyrrole nitrogens is 1. The molecule has 144 valence electrons. The molecule has 0 bridgehead atoms. The van der Waals surface area contributed by atoms with Gasteiger partial charge in [0.1, 0.15) is 6.04 Å². The smallest absolute Gasteiger partial charge is 0.325 e. The largest absolute Gasteiger partial charge is 0.481 e. The molecule has 5 N–H and O–H groups in total. The van der Waals surface area contributed by atoms with Crippen molar-refractivity contribution in [3.63, 3.8) is 0 Å². The van der Waals surface area contributed by atoms with Gasteiger partial charge in [-0.3, -0.25) is 24.1 Å². The van der Waals surface area contributed by atoms with Gasteiger partial charge in [0.05, 0.1) is 13.0 Å². The summed E-state index contributed by atoms with van der Waals surface area (Å²) in [6.45, 7) is -0.443. The zero-order chi connectivity index (χ0) is 20.1.